The van der Waals surface area contributed by atoms with Crippen LogP contribution in [0.3, 0.4) is 0 Å². The van der Waals surface area contributed by atoms with E-state index >= 15 is 0 Å². The molecule has 0 bridgehead atoms. The third-order valence-electron chi connectivity index (χ3n) is 1.64. The van der Waals surface area contributed by atoms with E-state index in [1.165, 1.54) is 0 Å². The summed E-state index contributed by atoms with van der Waals surface area (Å²) in [4.78, 5) is 37.3. The van der Waals surface area contributed by atoms with Gasteiger partial charge in [-0.2, -0.15) is 0 Å². The van der Waals surface area contributed by atoms with Crippen LogP contribution in [0.1, 0.15) is 0 Å². The van der Waals surface area contributed by atoms with Crippen LogP contribution in [0.15, 0.2) is 0 Å². The number of carbonyl (C=O) groups is 2. The minimum Gasteiger partial charge on any atom is -0.479 e. The molecule has 100 valence electrons. The van der Waals surface area contributed by atoms with Crippen molar-refractivity contribution >= 4 is 20.1 Å². The predicted octanol–water partition coefficient (Wildman–Crippen LogP) is -3.17. The van der Waals surface area contributed by atoms with Crippen LogP contribution in [-0.4, -0.2) is 66.9 Å². The molecule has 0 unspecified atom stereocenters. The van der Waals surface area contributed by atoms with Crippen LogP contribution in [0.25, 0.3) is 0 Å². The van der Waals surface area contributed by atoms with Crippen LogP contribution in [0.5, 0.6) is 0 Å². The first kappa shape index (κ1) is 16.1. The Morgan fingerprint density at radius 1 is 1.18 bits per heavy atom. The van der Waals surface area contributed by atoms with E-state index in [0.29, 0.717) is 0 Å². The molecule has 17 heavy (non-hydrogen) atoms. The highest BCUT2D eigenvalue weighted by Crippen LogP contribution is 2.38. The minimum absolute atomic E-state index is 0.190. The summed E-state index contributed by atoms with van der Waals surface area (Å²) in [5.74, 6) is -1.99. The Bertz CT molecular complexity index is 323. The molecule has 0 aliphatic carbocycles. The van der Waals surface area contributed by atoms with Gasteiger partial charge in [-0.15, -0.1) is 0 Å². The van der Waals surface area contributed by atoms with Crippen molar-refractivity contribution in [3.05, 3.63) is 0 Å². The third-order valence-corrected chi connectivity index (χ3v) is 2.15. The highest BCUT2D eigenvalue weighted by molar-refractivity contribution is 7.46. The fourth-order valence-electron chi connectivity index (χ4n) is 0.863. The fraction of sp³-hybridized carbons (Fsp3) is 0.667. The van der Waals surface area contributed by atoms with Gasteiger partial charge in [-0.25, -0.2) is 9.36 Å². The number of carboxylic acids is 1. The second kappa shape index (κ2) is 6.17. The lowest BCUT2D eigenvalue weighted by Crippen LogP contribution is -2.48. The van der Waals surface area contributed by atoms with Crippen molar-refractivity contribution in [2.24, 2.45) is 0 Å². The molecule has 0 aromatic heterocycles. The molecule has 6 N–H and O–H groups in total. The van der Waals surface area contributed by atoms with E-state index in [1.54, 1.807) is 0 Å². The molecule has 0 heterocycles. The standard InChI is InChI=1S/C6H11O10P/c7-1-2(8)3(9)4(10)5(6(11)12)16-17(13,14)15/h1-5,8-10H,(H,11,12)(H2,13,14,15)/t2-,3+,4-,5-/m0/s1. The molecule has 0 aromatic carbocycles. The SMILES string of the molecule is O=C[C@H](O)[C@@H](O)[C@H](O)[C@H](OP(=O)(O)O)C(=O)O. The Morgan fingerprint density at radius 2 is 1.65 bits per heavy atom. The lowest BCUT2D eigenvalue weighted by molar-refractivity contribution is -0.162. The number of rotatable bonds is 7. The van der Waals surface area contributed by atoms with Gasteiger partial charge in [-0.1, -0.05) is 0 Å². The summed E-state index contributed by atoms with van der Waals surface area (Å²) >= 11 is 0. The number of aldehydes is 1. The van der Waals surface area contributed by atoms with Gasteiger partial charge < -0.3 is 35.0 Å². The summed E-state index contributed by atoms with van der Waals surface area (Å²) < 4.78 is 14.1. The highest BCUT2D eigenvalue weighted by atomic mass is 31.2. The smallest absolute Gasteiger partial charge is 0.470 e. The van der Waals surface area contributed by atoms with Gasteiger partial charge in [0.15, 0.2) is 12.4 Å². The van der Waals surface area contributed by atoms with Crippen molar-refractivity contribution in [3.8, 4) is 0 Å². The molecule has 0 rings (SSSR count). The van der Waals surface area contributed by atoms with E-state index in [4.69, 9.17) is 25.1 Å². The number of phosphoric acid groups is 1. The van der Waals surface area contributed by atoms with Gasteiger partial charge in [0.1, 0.15) is 18.3 Å². The Hall–Kier alpha value is -0.870. The first-order chi connectivity index (χ1) is 7.60. The summed E-state index contributed by atoms with van der Waals surface area (Å²) in [5, 5.41) is 35.6. The van der Waals surface area contributed by atoms with Gasteiger partial charge in [0.05, 0.1) is 0 Å². The maximum atomic E-state index is 10.5. The number of carbonyl (C=O) groups excluding carboxylic acids is 1. The molecule has 11 heteroatoms. The maximum absolute atomic E-state index is 10.5. The molecule has 4 atom stereocenters. The molecule has 0 radical (unpaired) electrons. The average molecular weight is 274 g/mol. The van der Waals surface area contributed by atoms with Crippen LogP contribution in [0.2, 0.25) is 0 Å². The monoisotopic (exact) mass is 274 g/mol. The number of aliphatic hydroxyl groups excluding tert-OH is 3. The number of aliphatic hydroxyl groups is 3. The Labute approximate surface area is 94.3 Å². The molecular formula is C6H11O10P. The Kier molecular flexibility index (Phi) is 5.85. The highest BCUT2D eigenvalue weighted by Gasteiger charge is 2.40. The zero-order chi connectivity index (χ0) is 13.8. The molecule has 0 aromatic rings. The van der Waals surface area contributed by atoms with Crippen molar-refractivity contribution in [2.45, 2.75) is 24.4 Å². The molecular weight excluding hydrogens is 263 g/mol. The van der Waals surface area contributed by atoms with E-state index in [1.807, 2.05) is 0 Å². The number of hydrogen-bond acceptors (Lipinski definition) is 7. The largest absolute Gasteiger partial charge is 0.479 e. The van der Waals surface area contributed by atoms with Gasteiger partial charge in [-0.05, 0) is 0 Å². The molecule has 0 saturated carbocycles. The van der Waals surface area contributed by atoms with Gasteiger partial charge in [0, 0.05) is 0 Å². The van der Waals surface area contributed by atoms with Gasteiger partial charge >= 0.3 is 13.8 Å². The summed E-state index contributed by atoms with van der Waals surface area (Å²) in [5.41, 5.74) is 0. The Morgan fingerprint density at radius 3 is 1.94 bits per heavy atom. The molecule has 0 aliphatic heterocycles. The van der Waals surface area contributed by atoms with Crippen LogP contribution in [-0.2, 0) is 18.7 Å². The third kappa shape index (κ3) is 5.33. The van der Waals surface area contributed by atoms with E-state index < -0.39 is 38.2 Å². The quantitative estimate of drug-likeness (QED) is 0.204. The van der Waals surface area contributed by atoms with Crippen molar-refractivity contribution in [2.75, 3.05) is 0 Å². The van der Waals surface area contributed by atoms with Crippen molar-refractivity contribution in [3.63, 3.8) is 0 Å². The van der Waals surface area contributed by atoms with Gasteiger partial charge in [0.2, 0.25) is 0 Å². The van der Waals surface area contributed by atoms with Gasteiger partial charge in [-0.3, -0.25) is 4.52 Å². The zero-order valence-electron chi connectivity index (χ0n) is 8.15. The lowest BCUT2D eigenvalue weighted by atomic mass is 10.0. The Balaban J connectivity index is 4.89. The van der Waals surface area contributed by atoms with Crippen LogP contribution in [0, 0.1) is 0 Å². The topological polar surface area (TPSA) is 182 Å². The normalized spacial score (nSPS) is 19.1. The number of phosphoric ester groups is 1. The van der Waals surface area contributed by atoms with E-state index in [0.717, 1.165) is 0 Å². The molecule has 0 amide bonds. The van der Waals surface area contributed by atoms with Crippen LogP contribution in [0.4, 0.5) is 0 Å². The van der Waals surface area contributed by atoms with E-state index in [2.05, 4.69) is 4.52 Å². The first-order valence-corrected chi connectivity index (χ1v) is 5.59. The summed E-state index contributed by atoms with van der Waals surface area (Å²) in [7, 11) is -5.23. The number of aliphatic carboxylic acids is 1. The van der Waals surface area contributed by atoms with Crippen LogP contribution < -0.4 is 0 Å². The van der Waals surface area contributed by atoms with Crippen molar-refractivity contribution in [1.82, 2.24) is 0 Å². The fourth-order valence-corrected chi connectivity index (χ4v) is 1.37. The molecule has 10 nitrogen and oxygen atoms in total. The zero-order valence-corrected chi connectivity index (χ0v) is 9.04. The van der Waals surface area contributed by atoms with Crippen molar-refractivity contribution < 1.29 is 48.9 Å². The second-order valence-electron chi connectivity index (χ2n) is 2.96. The summed E-state index contributed by atoms with van der Waals surface area (Å²) in [6.45, 7) is 0. The van der Waals surface area contributed by atoms with Crippen molar-refractivity contribution in [1.29, 1.82) is 0 Å². The molecule has 0 spiro atoms. The van der Waals surface area contributed by atoms with Gasteiger partial charge in [0.25, 0.3) is 0 Å². The predicted molar refractivity (Wildman–Crippen MR) is 48.6 cm³/mol. The van der Waals surface area contributed by atoms with Crippen LogP contribution >= 0.6 is 7.82 Å². The maximum Gasteiger partial charge on any atom is 0.470 e. The molecule has 0 aliphatic rings. The van der Waals surface area contributed by atoms with E-state index in [-0.39, 0.29) is 6.29 Å². The van der Waals surface area contributed by atoms with E-state index in [9.17, 15) is 19.3 Å². The molecule has 0 fully saturated rings. The average Bonchev–Trinajstić information content (AvgIpc) is 2.21. The number of hydrogen-bond donors (Lipinski definition) is 6. The lowest BCUT2D eigenvalue weighted by Gasteiger charge is -2.24. The summed E-state index contributed by atoms with van der Waals surface area (Å²) in [6.07, 6.45) is -9.47. The first-order valence-electron chi connectivity index (χ1n) is 4.06. The molecule has 0 saturated heterocycles. The number of carboxylic acid groups (broad SMARTS) is 1. The minimum atomic E-state index is -5.23. The second-order valence-corrected chi connectivity index (χ2v) is 4.15. The summed E-state index contributed by atoms with van der Waals surface area (Å²) in [6, 6.07) is 0.